The van der Waals surface area contributed by atoms with Gasteiger partial charge in [-0.25, -0.2) is 8.42 Å². The van der Waals surface area contributed by atoms with Gasteiger partial charge < -0.3 is 14.2 Å². The lowest BCUT2D eigenvalue weighted by Gasteiger charge is -2.28. The summed E-state index contributed by atoms with van der Waals surface area (Å²) in [4.78, 5) is 18.9. The van der Waals surface area contributed by atoms with Crippen LogP contribution in [0, 0.1) is 0 Å². The van der Waals surface area contributed by atoms with Crippen molar-refractivity contribution in [3.05, 3.63) is 30.2 Å². The molecule has 1 saturated heterocycles. The first-order chi connectivity index (χ1) is 14.9. The number of hydrogen-bond acceptors (Lipinski definition) is 7. The van der Waals surface area contributed by atoms with Gasteiger partial charge in [0.1, 0.15) is 5.75 Å². The van der Waals surface area contributed by atoms with Crippen LogP contribution >= 0.6 is 0 Å². The van der Waals surface area contributed by atoms with Gasteiger partial charge in [-0.05, 0) is 43.5 Å². The van der Waals surface area contributed by atoms with Gasteiger partial charge in [0.2, 0.25) is 11.7 Å². The highest BCUT2D eigenvalue weighted by atomic mass is 32.2. The number of sulfone groups is 1. The number of carbonyl (C=O) groups is 1. The molecular weight excluding hydrogens is 418 g/mol. The van der Waals surface area contributed by atoms with Crippen LogP contribution in [0.5, 0.6) is 5.75 Å². The number of hydrogen-bond donors (Lipinski definition) is 0. The van der Waals surface area contributed by atoms with E-state index in [1.165, 1.54) is 0 Å². The molecule has 0 bridgehead atoms. The largest absolute Gasteiger partial charge is 0.484 e. The zero-order valence-electron chi connectivity index (χ0n) is 18.2. The quantitative estimate of drug-likeness (QED) is 0.519. The van der Waals surface area contributed by atoms with E-state index in [4.69, 9.17) is 9.26 Å². The molecule has 1 aromatic carbocycles. The smallest absolute Gasteiger partial charge is 0.260 e. The van der Waals surface area contributed by atoms with Crippen molar-refractivity contribution in [3.8, 4) is 17.1 Å². The van der Waals surface area contributed by atoms with Crippen LogP contribution in [0.1, 0.15) is 51.8 Å². The van der Waals surface area contributed by atoms with E-state index in [0.717, 1.165) is 37.7 Å². The first-order valence-electron chi connectivity index (χ1n) is 11.0. The van der Waals surface area contributed by atoms with E-state index in [1.54, 1.807) is 17.0 Å². The van der Waals surface area contributed by atoms with Crippen molar-refractivity contribution in [2.45, 2.75) is 58.4 Å². The molecule has 2 heterocycles. The topological polar surface area (TPSA) is 103 Å². The highest BCUT2D eigenvalue weighted by Gasteiger charge is 2.34. The number of unbranched alkanes of at least 4 members (excludes halogenated alkanes) is 2. The molecule has 1 aliphatic heterocycles. The Morgan fingerprint density at radius 3 is 2.58 bits per heavy atom. The predicted molar refractivity (Wildman–Crippen MR) is 118 cm³/mol. The summed E-state index contributed by atoms with van der Waals surface area (Å²) in [5.74, 6) is 1.72. The fraction of sp³-hybridized carbons (Fsp3) is 0.591. The number of amides is 1. The lowest BCUT2D eigenvalue weighted by atomic mass is 10.2. The van der Waals surface area contributed by atoms with Crippen LogP contribution in [0.2, 0.25) is 0 Å². The van der Waals surface area contributed by atoms with Gasteiger partial charge in [-0.15, -0.1) is 0 Å². The molecule has 1 aromatic heterocycles. The van der Waals surface area contributed by atoms with Crippen molar-refractivity contribution in [2.24, 2.45) is 0 Å². The molecule has 0 radical (unpaired) electrons. The molecule has 1 unspecified atom stereocenters. The third kappa shape index (κ3) is 6.53. The van der Waals surface area contributed by atoms with Crippen LogP contribution in [0.15, 0.2) is 28.8 Å². The number of carbonyl (C=O) groups excluding carboxylic acids is 1. The molecule has 0 N–H and O–H groups in total. The van der Waals surface area contributed by atoms with E-state index in [0.29, 0.717) is 30.4 Å². The number of aromatic nitrogens is 2. The molecule has 0 spiro atoms. The Labute approximate surface area is 183 Å². The Balaban J connectivity index is 1.57. The fourth-order valence-electron chi connectivity index (χ4n) is 3.59. The van der Waals surface area contributed by atoms with Gasteiger partial charge in [-0.2, -0.15) is 4.98 Å². The van der Waals surface area contributed by atoms with Gasteiger partial charge in [-0.3, -0.25) is 4.79 Å². The maximum absolute atomic E-state index is 12.8. The summed E-state index contributed by atoms with van der Waals surface area (Å²) in [6.07, 6.45) is 5.10. The maximum atomic E-state index is 12.8. The highest BCUT2D eigenvalue weighted by Crippen LogP contribution is 2.22. The van der Waals surface area contributed by atoms with Gasteiger partial charge in [-0.1, -0.05) is 31.8 Å². The van der Waals surface area contributed by atoms with Crippen molar-refractivity contribution in [1.29, 1.82) is 0 Å². The first-order valence-corrected chi connectivity index (χ1v) is 12.8. The van der Waals surface area contributed by atoms with Gasteiger partial charge in [0.05, 0.1) is 11.5 Å². The van der Waals surface area contributed by atoms with Crippen molar-refractivity contribution >= 4 is 15.7 Å². The van der Waals surface area contributed by atoms with Gasteiger partial charge >= 0.3 is 0 Å². The van der Waals surface area contributed by atoms with E-state index in [9.17, 15) is 13.2 Å². The molecule has 0 saturated carbocycles. The summed E-state index contributed by atoms with van der Waals surface area (Å²) in [6.45, 7) is 4.58. The van der Waals surface area contributed by atoms with E-state index < -0.39 is 9.84 Å². The molecule has 2 aromatic rings. The minimum atomic E-state index is -3.06. The van der Waals surface area contributed by atoms with Gasteiger partial charge in [0.15, 0.2) is 16.4 Å². The second kappa shape index (κ2) is 10.7. The molecule has 31 heavy (non-hydrogen) atoms. The minimum absolute atomic E-state index is 0.0437. The van der Waals surface area contributed by atoms with Crippen LogP contribution in [-0.2, 0) is 21.1 Å². The molecule has 0 aliphatic carbocycles. The van der Waals surface area contributed by atoms with Gasteiger partial charge in [0.25, 0.3) is 5.91 Å². The standard InChI is InChI=1S/C22H31N3O5S/c1-3-5-7-20-23-22(24-30-20)17-8-10-19(11-9-17)29-15-21(26)25(13-6-4-2)18-12-14-31(27,28)16-18/h8-11,18H,3-7,12-16H2,1-2H3. The molecule has 9 heteroatoms. The average molecular weight is 450 g/mol. The first kappa shape index (κ1) is 23.2. The molecule has 8 nitrogen and oxygen atoms in total. The van der Waals surface area contributed by atoms with Gasteiger partial charge in [0, 0.05) is 24.6 Å². The predicted octanol–water partition coefficient (Wildman–Crippen LogP) is 3.27. The van der Waals surface area contributed by atoms with Crippen molar-refractivity contribution in [1.82, 2.24) is 15.0 Å². The molecule has 3 rings (SSSR count). The number of rotatable bonds is 11. The number of ether oxygens (including phenoxy) is 1. The third-order valence-electron chi connectivity index (χ3n) is 5.41. The third-order valence-corrected chi connectivity index (χ3v) is 7.16. The summed E-state index contributed by atoms with van der Waals surface area (Å²) < 4.78 is 34.6. The van der Waals surface area contributed by atoms with Crippen LogP contribution < -0.4 is 4.74 Å². The minimum Gasteiger partial charge on any atom is -0.484 e. The Hall–Kier alpha value is -2.42. The molecule has 1 aliphatic rings. The van der Waals surface area contributed by atoms with Crippen molar-refractivity contribution in [3.63, 3.8) is 0 Å². The fourth-order valence-corrected chi connectivity index (χ4v) is 5.32. The number of nitrogens with zero attached hydrogens (tertiary/aromatic N) is 3. The summed E-state index contributed by atoms with van der Waals surface area (Å²) in [6, 6.07) is 6.93. The summed E-state index contributed by atoms with van der Waals surface area (Å²) in [5, 5.41) is 4.01. The Morgan fingerprint density at radius 2 is 1.94 bits per heavy atom. The second-order valence-corrected chi connectivity index (χ2v) is 10.2. The molecule has 1 fully saturated rings. The Bertz CT molecular complexity index is 956. The van der Waals surface area contributed by atoms with E-state index in [-0.39, 0.29) is 30.1 Å². The summed E-state index contributed by atoms with van der Waals surface area (Å²) in [7, 11) is -3.06. The zero-order valence-corrected chi connectivity index (χ0v) is 19.1. The monoisotopic (exact) mass is 449 g/mol. The SMILES string of the molecule is CCCCc1nc(-c2ccc(OCC(=O)N(CCCC)C3CCS(=O)(=O)C3)cc2)no1. The van der Waals surface area contributed by atoms with E-state index >= 15 is 0 Å². The van der Waals surface area contributed by atoms with Crippen molar-refractivity contribution < 1.29 is 22.5 Å². The number of aryl methyl sites for hydroxylation is 1. The van der Waals surface area contributed by atoms with Crippen LogP contribution in [0.25, 0.3) is 11.4 Å². The van der Waals surface area contributed by atoms with E-state index in [1.807, 2.05) is 19.1 Å². The highest BCUT2D eigenvalue weighted by molar-refractivity contribution is 7.91. The summed E-state index contributed by atoms with van der Waals surface area (Å²) in [5.41, 5.74) is 0.811. The zero-order chi connectivity index (χ0) is 22.3. The molecular formula is C22H31N3O5S. The second-order valence-electron chi connectivity index (χ2n) is 7.93. The number of benzene rings is 1. The molecule has 1 amide bonds. The lowest BCUT2D eigenvalue weighted by Crippen LogP contribution is -2.44. The van der Waals surface area contributed by atoms with E-state index in [2.05, 4.69) is 17.1 Å². The van der Waals surface area contributed by atoms with Crippen LogP contribution in [-0.4, -0.2) is 60.1 Å². The van der Waals surface area contributed by atoms with Crippen LogP contribution in [0.3, 0.4) is 0 Å². The van der Waals surface area contributed by atoms with Crippen LogP contribution in [0.4, 0.5) is 0 Å². The van der Waals surface area contributed by atoms with Crippen molar-refractivity contribution in [2.75, 3.05) is 24.7 Å². The molecule has 1 atom stereocenters. The Morgan fingerprint density at radius 1 is 1.19 bits per heavy atom. The summed E-state index contributed by atoms with van der Waals surface area (Å²) >= 11 is 0. The maximum Gasteiger partial charge on any atom is 0.260 e. The molecule has 170 valence electrons. The normalized spacial score (nSPS) is 17.5. The Kier molecular flexibility index (Phi) is 8.06. The lowest BCUT2D eigenvalue weighted by molar-refractivity contribution is -0.135. The average Bonchev–Trinajstić information content (AvgIpc) is 3.37.